The minimum absolute atomic E-state index is 0.104. The first-order valence-electron chi connectivity index (χ1n) is 6.36. The first-order chi connectivity index (χ1) is 9.58. The molecule has 1 heterocycles. The fourth-order valence-corrected chi connectivity index (χ4v) is 3.45. The second-order valence-corrected chi connectivity index (χ2v) is 6.35. The molecule has 0 amide bonds. The van der Waals surface area contributed by atoms with Crippen LogP contribution in [0.2, 0.25) is 0 Å². The number of halogens is 1. The lowest BCUT2D eigenvalue weighted by Crippen LogP contribution is -2.09. The molecule has 3 heteroatoms. The van der Waals surface area contributed by atoms with Gasteiger partial charge in [0, 0.05) is 5.56 Å². The fraction of sp³-hybridized carbons (Fsp3) is 0.118. The molecule has 1 nitrogen and oxygen atoms in total. The van der Waals surface area contributed by atoms with Crippen LogP contribution in [0.5, 0.6) is 0 Å². The monoisotopic (exact) mass is 284 g/mol. The number of thioether (sulfide) groups is 1. The molecule has 3 rings (SSSR count). The van der Waals surface area contributed by atoms with Crippen LogP contribution in [0.15, 0.2) is 54.6 Å². The number of rotatable bonds is 2. The van der Waals surface area contributed by atoms with E-state index in [1.54, 1.807) is 12.1 Å². The van der Waals surface area contributed by atoms with Crippen molar-refractivity contribution in [3.8, 4) is 0 Å². The number of fused-ring (bicyclic) bond motifs is 1. The van der Waals surface area contributed by atoms with Crippen molar-refractivity contribution in [1.82, 2.24) is 0 Å². The summed E-state index contributed by atoms with van der Waals surface area (Å²) in [5, 5.41) is 0.104. The maximum Gasteiger partial charge on any atom is 0.220 e. The molecule has 0 spiro atoms. The second-order valence-electron chi connectivity index (χ2n) is 4.93. The first kappa shape index (κ1) is 13.1. The summed E-state index contributed by atoms with van der Waals surface area (Å²) in [6.45, 7) is 2.03. The zero-order valence-corrected chi connectivity index (χ0v) is 11.8. The van der Waals surface area contributed by atoms with Crippen molar-refractivity contribution in [2.45, 2.75) is 11.7 Å². The molecule has 0 aromatic heterocycles. The van der Waals surface area contributed by atoms with Crippen LogP contribution in [-0.2, 0) is 4.75 Å². The molecule has 1 unspecified atom stereocenters. The topological polar surface area (TPSA) is 17.1 Å². The van der Waals surface area contributed by atoms with Crippen molar-refractivity contribution in [2.24, 2.45) is 0 Å². The van der Waals surface area contributed by atoms with Gasteiger partial charge in [0.25, 0.3) is 0 Å². The van der Waals surface area contributed by atoms with Gasteiger partial charge in [-0.3, -0.25) is 4.79 Å². The minimum atomic E-state index is -0.359. The Kier molecular flexibility index (Phi) is 3.22. The molecule has 0 radical (unpaired) electrons. The van der Waals surface area contributed by atoms with Crippen molar-refractivity contribution in [1.29, 1.82) is 0 Å². The summed E-state index contributed by atoms with van der Waals surface area (Å²) < 4.78 is 12.5. The zero-order chi connectivity index (χ0) is 14.2. The van der Waals surface area contributed by atoms with Crippen LogP contribution in [0.1, 0.15) is 28.4 Å². The normalized spacial score (nSPS) is 21.4. The van der Waals surface area contributed by atoms with E-state index in [0.29, 0.717) is 0 Å². The predicted octanol–water partition coefficient (Wildman–Crippen LogP) is 4.64. The largest absolute Gasteiger partial charge is 0.282 e. The summed E-state index contributed by atoms with van der Waals surface area (Å²) in [5.41, 5.74) is 2.74. The highest BCUT2D eigenvalue weighted by atomic mass is 32.2. The van der Waals surface area contributed by atoms with Gasteiger partial charge in [-0.1, -0.05) is 60.3 Å². The van der Waals surface area contributed by atoms with E-state index >= 15 is 0 Å². The molecule has 1 aliphatic rings. The standard InChI is InChI=1S/C17H13FOS/c1-17(11-10-12-6-8-13(18)9-7-12)15-5-3-2-4-14(15)16(19)20-17/h2-11H,1H3/b11-10+. The van der Waals surface area contributed by atoms with Gasteiger partial charge in [-0.2, -0.15) is 0 Å². The van der Waals surface area contributed by atoms with Crippen LogP contribution in [0.4, 0.5) is 4.39 Å². The fourth-order valence-electron chi connectivity index (χ4n) is 2.35. The molecule has 0 aliphatic carbocycles. The van der Waals surface area contributed by atoms with Gasteiger partial charge < -0.3 is 0 Å². The Morgan fingerprint density at radius 1 is 1.10 bits per heavy atom. The summed E-state index contributed by atoms with van der Waals surface area (Å²) in [4.78, 5) is 12.0. The predicted molar refractivity (Wildman–Crippen MR) is 81.1 cm³/mol. The summed E-state index contributed by atoms with van der Waals surface area (Å²) in [6.07, 6.45) is 3.94. The van der Waals surface area contributed by atoms with E-state index in [4.69, 9.17) is 0 Å². The average molecular weight is 284 g/mol. The van der Waals surface area contributed by atoms with Crippen molar-refractivity contribution >= 4 is 23.0 Å². The van der Waals surface area contributed by atoms with E-state index in [0.717, 1.165) is 16.7 Å². The quantitative estimate of drug-likeness (QED) is 0.799. The Morgan fingerprint density at radius 3 is 2.55 bits per heavy atom. The Bertz CT molecular complexity index is 690. The maximum absolute atomic E-state index is 12.9. The van der Waals surface area contributed by atoms with Gasteiger partial charge in [-0.25, -0.2) is 4.39 Å². The van der Waals surface area contributed by atoms with E-state index in [-0.39, 0.29) is 15.7 Å². The van der Waals surface area contributed by atoms with Crippen molar-refractivity contribution in [3.05, 3.63) is 77.1 Å². The smallest absolute Gasteiger partial charge is 0.220 e. The van der Waals surface area contributed by atoms with Crippen molar-refractivity contribution in [2.75, 3.05) is 0 Å². The number of carbonyl (C=O) groups excluding carboxylic acids is 1. The summed E-state index contributed by atoms with van der Waals surface area (Å²) >= 11 is 1.32. The Hall–Kier alpha value is -1.87. The number of benzene rings is 2. The highest BCUT2D eigenvalue weighted by Gasteiger charge is 2.38. The average Bonchev–Trinajstić information content (AvgIpc) is 2.71. The molecule has 1 atom stereocenters. The van der Waals surface area contributed by atoms with Gasteiger partial charge >= 0.3 is 0 Å². The third kappa shape index (κ3) is 2.29. The summed E-state index contributed by atoms with van der Waals surface area (Å²) in [5.74, 6) is -0.246. The number of hydrogen-bond acceptors (Lipinski definition) is 2. The SMILES string of the molecule is CC1(/C=C/c2ccc(F)cc2)SC(=O)c2ccccc21. The summed E-state index contributed by atoms with van der Waals surface area (Å²) in [6, 6.07) is 14.0. The second kappa shape index (κ2) is 4.91. The Morgan fingerprint density at radius 2 is 1.80 bits per heavy atom. The van der Waals surface area contributed by atoms with Gasteiger partial charge in [-0.15, -0.1) is 0 Å². The highest BCUT2D eigenvalue weighted by Crippen LogP contribution is 2.47. The van der Waals surface area contributed by atoms with E-state index in [9.17, 15) is 9.18 Å². The van der Waals surface area contributed by atoms with Crippen LogP contribution in [0, 0.1) is 5.82 Å². The molecule has 2 aromatic rings. The van der Waals surface area contributed by atoms with Crippen LogP contribution in [0.3, 0.4) is 0 Å². The number of hydrogen-bond donors (Lipinski definition) is 0. The molecule has 0 N–H and O–H groups in total. The van der Waals surface area contributed by atoms with E-state index in [2.05, 4.69) is 0 Å². The van der Waals surface area contributed by atoms with E-state index in [1.165, 1.54) is 23.9 Å². The Balaban J connectivity index is 1.95. The molecule has 0 saturated heterocycles. The minimum Gasteiger partial charge on any atom is -0.282 e. The zero-order valence-electron chi connectivity index (χ0n) is 11.0. The molecular weight excluding hydrogens is 271 g/mol. The molecule has 20 heavy (non-hydrogen) atoms. The van der Waals surface area contributed by atoms with Crippen LogP contribution in [-0.4, -0.2) is 5.12 Å². The Labute approximate surface area is 121 Å². The first-order valence-corrected chi connectivity index (χ1v) is 7.18. The van der Waals surface area contributed by atoms with Gasteiger partial charge in [0.05, 0.1) is 4.75 Å². The van der Waals surface area contributed by atoms with E-state index < -0.39 is 0 Å². The van der Waals surface area contributed by atoms with Crippen LogP contribution < -0.4 is 0 Å². The van der Waals surface area contributed by atoms with Crippen LogP contribution >= 0.6 is 11.8 Å². The molecule has 0 bridgehead atoms. The third-order valence-electron chi connectivity index (χ3n) is 3.45. The lowest BCUT2D eigenvalue weighted by Gasteiger charge is -2.18. The van der Waals surface area contributed by atoms with Crippen LogP contribution in [0.25, 0.3) is 6.08 Å². The van der Waals surface area contributed by atoms with Gasteiger partial charge in [0.15, 0.2) is 0 Å². The molecule has 2 aromatic carbocycles. The summed E-state index contributed by atoms with van der Waals surface area (Å²) in [7, 11) is 0. The molecule has 100 valence electrons. The lowest BCUT2D eigenvalue weighted by atomic mass is 9.95. The van der Waals surface area contributed by atoms with Gasteiger partial charge in [0.1, 0.15) is 5.82 Å². The van der Waals surface area contributed by atoms with Gasteiger partial charge in [0.2, 0.25) is 5.12 Å². The molecule has 0 fully saturated rings. The molecule has 1 aliphatic heterocycles. The molecular formula is C17H13FOS. The third-order valence-corrected chi connectivity index (χ3v) is 4.64. The van der Waals surface area contributed by atoms with Crippen molar-refractivity contribution in [3.63, 3.8) is 0 Å². The van der Waals surface area contributed by atoms with Crippen molar-refractivity contribution < 1.29 is 9.18 Å². The maximum atomic E-state index is 12.9. The lowest BCUT2D eigenvalue weighted by molar-refractivity contribution is 0.109. The highest BCUT2D eigenvalue weighted by molar-refractivity contribution is 8.15. The molecule has 0 saturated carbocycles. The van der Waals surface area contributed by atoms with E-state index in [1.807, 2.05) is 43.3 Å². The van der Waals surface area contributed by atoms with Gasteiger partial charge in [-0.05, 0) is 30.2 Å². The number of carbonyl (C=O) groups is 1.